The maximum absolute atomic E-state index is 6.09. The summed E-state index contributed by atoms with van der Waals surface area (Å²) in [5.41, 5.74) is 6.39. The summed E-state index contributed by atoms with van der Waals surface area (Å²) in [5.74, 6) is 1.23. The molecule has 2 saturated heterocycles. The van der Waals surface area contributed by atoms with Gasteiger partial charge in [0.25, 0.3) is 0 Å². The molecule has 2 atom stereocenters. The van der Waals surface area contributed by atoms with Gasteiger partial charge in [0.1, 0.15) is 0 Å². The second kappa shape index (κ2) is 5.91. The van der Waals surface area contributed by atoms with E-state index in [9.17, 15) is 0 Å². The molecule has 3 nitrogen and oxygen atoms in total. The van der Waals surface area contributed by atoms with Crippen LogP contribution < -0.4 is 5.73 Å². The first kappa shape index (κ1) is 13.7. The molecule has 0 aromatic rings. The van der Waals surface area contributed by atoms with Crippen molar-refractivity contribution in [2.24, 2.45) is 5.73 Å². The van der Waals surface area contributed by atoms with E-state index in [1.165, 1.54) is 51.3 Å². The number of hydrogen-bond donors (Lipinski definition) is 1. The lowest BCUT2D eigenvalue weighted by molar-refractivity contribution is 0.0485. The third-order valence-corrected chi connectivity index (χ3v) is 5.71. The van der Waals surface area contributed by atoms with Gasteiger partial charge < -0.3 is 10.6 Å². The summed E-state index contributed by atoms with van der Waals surface area (Å²) in [7, 11) is 0. The van der Waals surface area contributed by atoms with Crippen LogP contribution >= 0.6 is 11.8 Å². The van der Waals surface area contributed by atoms with Crippen LogP contribution in [0.1, 0.15) is 26.7 Å². The summed E-state index contributed by atoms with van der Waals surface area (Å²) in [6.07, 6.45) is 2.55. The maximum atomic E-state index is 6.09. The van der Waals surface area contributed by atoms with E-state index in [0.717, 1.165) is 11.8 Å². The van der Waals surface area contributed by atoms with Gasteiger partial charge in [0.15, 0.2) is 0 Å². The van der Waals surface area contributed by atoms with Gasteiger partial charge in [-0.1, -0.05) is 13.8 Å². The molecule has 17 heavy (non-hydrogen) atoms. The lowest BCUT2D eigenvalue weighted by Crippen LogP contribution is -2.60. The molecule has 2 fully saturated rings. The largest absolute Gasteiger partial charge is 0.329 e. The Balaban J connectivity index is 1.90. The van der Waals surface area contributed by atoms with Crippen LogP contribution in [-0.4, -0.2) is 65.6 Å². The van der Waals surface area contributed by atoms with Crippen molar-refractivity contribution in [2.45, 2.75) is 37.5 Å². The third kappa shape index (κ3) is 2.98. The second-order valence-electron chi connectivity index (χ2n) is 5.58. The molecule has 2 aliphatic rings. The molecule has 100 valence electrons. The lowest BCUT2D eigenvalue weighted by atomic mass is 9.93. The summed E-state index contributed by atoms with van der Waals surface area (Å²) in [4.78, 5) is 5.27. The average molecular weight is 257 g/mol. The molecule has 2 unspecified atom stereocenters. The fraction of sp³-hybridized carbons (Fsp3) is 1.00. The second-order valence-corrected chi connectivity index (χ2v) is 7.01. The molecule has 0 aromatic carbocycles. The van der Waals surface area contributed by atoms with Crippen molar-refractivity contribution in [2.75, 3.05) is 45.0 Å². The van der Waals surface area contributed by atoms with Crippen LogP contribution in [0.5, 0.6) is 0 Å². The normalized spacial score (nSPS) is 36.5. The van der Waals surface area contributed by atoms with E-state index in [4.69, 9.17) is 5.73 Å². The van der Waals surface area contributed by atoms with E-state index >= 15 is 0 Å². The van der Waals surface area contributed by atoms with Crippen molar-refractivity contribution in [3.8, 4) is 0 Å². The summed E-state index contributed by atoms with van der Waals surface area (Å²) >= 11 is 2.10. The molecule has 2 aliphatic heterocycles. The van der Waals surface area contributed by atoms with Gasteiger partial charge in [-0.2, -0.15) is 11.8 Å². The summed E-state index contributed by atoms with van der Waals surface area (Å²) in [5, 5.41) is 0.784. The number of nitrogens with two attached hydrogens (primary N) is 1. The van der Waals surface area contributed by atoms with Crippen LogP contribution in [0.4, 0.5) is 0 Å². The molecule has 2 heterocycles. The van der Waals surface area contributed by atoms with Gasteiger partial charge >= 0.3 is 0 Å². The van der Waals surface area contributed by atoms with Gasteiger partial charge in [-0.05, 0) is 19.4 Å². The summed E-state index contributed by atoms with van der Waals surface area (Å²) < 4.78 is 0. The molecule has 0 aliphatic carbocycles. The van der Waals surface area contributed by atoms with E-state index in [-0.39, 0.29) is 0 Å². The fourth-order valence-electron chi connectivity index (χ4n) is 3.20. The number of nitrogens with zero attached hydrogens (tertiary/aromatic N) is 2. The highest BCUT2D eigenvalue weighted by atomic mass is 32.2. The fourth-order valence-corrected chi connectivity index (χ4v) is 4.65. The minimum atomic E-state index is 0.308. The van der Waals surface area contributed by atoms with Crippen LogP contribution in [0.15, 0.2) is 0 Å². The van der Waals surface area contributed by atoms with Crippen molar-refractivity contribution in [3.63, 3.8) is 0 Å². The average Bonchev–Trinajstić information content (AvgIpc) is 2.74. The molecule has 2 rings (SSSR count). The van der Waals surface area contributed by atoms with Crippen molar-refractivity contribution in [1.29, 1.82) is 0 Å². The van der Waals surface area contributed by atoms with Gasteiger partial charge in [0.2, 0.25) is 0 Å². The zero-order valence-electron chi connectivity index (χ0n) is 11.3. The SMILES string of the molecule is CCCN1CCN(C2(CN)CSC(C)C2)CC1. The zero-order valence-corrected chi connectivity index (χ0v) is 12.1. The number of piperazine rings is 1. The standard InChI is InChI=1S/C13H27N3S/c1-3-4-15-5-7-16(8-6-15)13(10-14)9-12(2)17-11-13/h12H,3-11,14H2,1-2H3. The summed E-state index contributed by atoms with van der Waals surface area (Å²) in [6.45, 7) is 11.6. The van der Waals surface area contributed by atoms with Crippen LogP contribution in [0.2, 0.25) is 0 Å². The zero-order chi connectivity index (χ0) is 12.3. The minimum absolute atomic E-state index is 0.308. The Morgan fingerprint density at radius 3 is 2.47 bits per heavy atom. The van der Waals surface area contributed by atoms with Crippen LogP contribution in [0.3, 0.4) is 0 Å². The van der Waals surface area contributed by atoms with Crippen LogP contribution in [-0.2, 0) is 0 Å². The van der Waals surface area contributed by atoms with Gasteiger partial charge in [-0.25, -0.2) is 0 Å². The minimum Gasteiger partial charge on any atom is -0.329 e. The number of hydrogen-bond acceptors (Lipinski definition) is 4. The van der Waals surface area contributed by atoms with Crippen molar-refractivity contribution >= 4 is 11.8 Å². The first-order valence-corrected chi connectivity index (χ1v) is 8.04. The molecular weight excluding hydrogens is 230 g/mol. The molecule has 0 saturated carbocycles. The topological polar surface area (TPSA) is 32.5 Å². The van der Waals surface area contributed by atoms with E-state index in [1.54, 1.807) is 0 Å². The Morgan fingerprint density at radius 1 is 1.29 bits per heavy atom. The highest BCUT2D eigenvalue weighted by Crippen LogP contribution is 2.38. The Bertz CT molecular complexity index is 241. The molecule has 4 heteroatoms. The predicted octanol–water partition coefficient (Wildman–Crippen LogP) is 1.24. The predicted molar refractivity (Wildman–Crippen MR) is 76.6 cm³/mol. The Labute approximate surface area is 110 Å². The Kier molecular flexibility index (Phi) is 4.75. The van der Waals surface area contributed by atoms with Gasteiger partial charge in [-0.15, -0.1) is 0 Å². The third-order valence-electron chi connectivity index (χ3n) is 4.27. The molecule has 0 radical (unpaired) electrons. The van der Waals surface area contributed by atoms with Gasteiger partial charge in [0.05, 0.1) is 0 Å². The van der Waals surface area contributed by atoms with E-state index in [2.05, 4.69) is 35.4 Å². The van der Waals surface area contributed by atoms with Crippen LogP contribution in [0, 0.1) is 0 Å². The first-order chi connectivity index (χ1) is 8.20. The maximum Gasteiger partial charge on any atom is 0.0433 e. The highest BCUT2D eigenvalue weighted by molar-refractivity contribution is 8.00. The molecule has 0 amide bonds. The molecular formula is C13H27N3S. The van der Waals surface area contributed by atoms with Crippen molar-refractivity contribution < 1.29 is 0 Å². The quantitative estimate of drug-likeness (QED) is 0.821. The molecule has 2 N–H and O–H groups in total. The van der Waals surface area contributed by atoms with E-state index < -0.39 is 0 Å². The van der Waals surface area contributed by atoms with Crippen molar-refractivity contribution in [1.82, 2.24) is 9.80 Å². The van der Waals surface area contributed by atoms with Crippen molar-refractivity contribution in [3.05, 3.63) is 0 Å². The Hall–Kier alpha value is 0.230. The summed E-state index contributed by atoms with van der Waals surface area (Å²) in [6, 6.07) is 0. The van der Waals surface area contributed by atoms with E-state index in [0.29, 0.717) is 5.54 Å². The van der Waals surface area contributed by atoms with Crippen LogP contribution in [0.25, 0.3) is 0 Å². The van der Waals surface area contributed by atoms with Gasteiger partial charge in [0, 0.05) is 49.3 Å². The molecule has 0 spiro atoms. The smallest absolute Gasteiger partial charge is 0.0433 e. The lowest BCUT2D eigenvalue weighted by Gasteiger charge is -2.45. The van der Waals surface area contributed by atoms with E-state index in [1.807, 2.05) is 0 Å². The monoisotopic (exact) mass is 257 g/mol. The molecule has 0 bridgehead atoms. The highest BCUT2D eigenvalue weighted by Gasteiger charge is 2.42. The number of rotatable bonds is 4. The first-order valence-electron chi connectivity index (χ1n) is 6.99. The number of thioether (sulfide) groups is 1. The Morgan fingerprint density at radius 2 is 2.00 bits per heavy atom. The van der Waals surface area contributed by atoms with Gasteiger partial charge in [-0.3, -0.25) is 4.90 Å². The molecule has 0 aromatic heterocycles.